The van der Waals surface area contributed by atoms with Crippen LogP contribution in [0.4, 0.5) is 5.69 Å². The third-order valence-corrected chi connectivity index (χ3v) is 5.16. The van der Waals surface area contributed by atoms with Crippen LogP contribution in [0.3, 0.4) is 0 Å². The van der Waals surface area contributed by atoms with E-state index in [-0.39, 0.29) is 6.61 Å². The van der Waals surface area contributed by atoms with E-state index in [1.807, 2.05) is 0 Å². The van der Waals surface area contributed by atoms with Crippen molar-refractivity contribution >= 4 is 17.6 Å². The van der Waals surface area contributed by atoms with Crippen molar-refractivity contribution in [1.82, 2.24) is 0 Å². The maximum Gasteiger partial charge on any atom is 0.338 e. The lowest BCUT2D eigenvalue weighted by Crippen LogP contribution is -2.40. The van der Waals surface area contributed by atoms with Crippen LogP contribution < -0.4 is 14.8 Å². The third-order valence-electron chi connectivity index (χ3n) is 5.16. The molecule has 0 aromatic heterocycles. The fourth-order valence-corrected chi connectivity index (χ4v) is 3.64. The summed E-state index contributed by atoms with van der Waals surface area (Å²) in [6.45, 7) is 2.43. The van der Waals surface area contributed by atoms with Crippen LogP contribution in [0.2, 0.25) is 0 Å². The number of carbonyl (C=O) groups excluding carboxylic acids is 2. The van der Waals surface area contributed by atoms with Crippen molar-refractivity contribution in [2.24, 2.45) is 0 Å². The van der Waals surface area contributed by atoms with Crippen LogP contribution in [0.5, 0.6) is 11.5 Å². The third kappa shape index (κ3) is 4.07. The second-order valence-corrected chi connectivity index (χ2v) is 7.34. The number of hydrogen-bond donors (Lipinski definition) is 1. The SMILES string of the molecule is C[C@H](OC(=O)[C@@H]1COCCO1)C(=O)Nc1ccc2c(c1)OC1(CCCCC1)O2. The number of amides is 1. The minimum absolute atomic E-state index is 0.136. The van der Waals surface area contributed by atoms with Crippen LogP contribution in [0, 0.1) is 0 Å². The number of carbonyl (C=O) groups is 2. The molecule has 1 aromatic carbocycles. The molecule has 8 heteroatoms. The van der Waals surface area contributed by atoms with Crippen molar-refractivity contribution in [2.75, 3.05) is 25.1 Å². The average Bonchev–Trinajstić information content (AvgIpc) is 3.05. The predicted molar refractivity (Wildman–Crippen MR) is 98.3 cm³/mol. The Labute approximate surface area is 163 Å². The first-order chi connectivity index (χ1) is 13.5. The number of ether oxygens (including phenoxy) is 5. The molecule has 2 fully saturated rings. The number of benzene rings is 1. The van der Waals surface area contributed by atoms with Gasteiger partial charge in [-0.1, -0.05) is 6.42 Å². The van der Waals surface area contributed by atoms with Gasteiger partial charge in [0.25, 0.3) is 11.7 Å². The van der Waals surface area contributed by atoms with E-state index < -0.39 is 29.9 Å². The fourth-order valence-electron chi connectivity index (χ4n) is 3.64. The minimum atomic E-state index is -0.965. The van der Waals surface area contributed by atoms with Crippen LogP contribution in [0.15, 0.2) is 18.2 Å². The molecule has 1 N–H and O–H groups in total. The van der Waals surface area contributed by atoms with Crippen molar-refractivity contribution in [2.45, 2.75) is 57.0 Å². The zero-order valence-corrected chi connectivity index (χ0v) is 15.9. The Morgan fingerprint density at radius 3 is 2.68 bits per heavy atom. The van der Waals surface area contributed by atoms with Gasteiger partial charge in [-0.05, 0) is 31.9 Å². The number of esters is 1. The van der Waals surface area contributed by atoms with Gasteiger partial charge in [-0.3, -0.25) is 4.79 Å². The first kappa shape index (κ1) is 19.0. The summed E-state index contributed by atoms with van der Waals surface area (Å²) >= 11 is 0. The Bertz CT molecular complexity index is 738. The Hall–Kier alpha value is -2.32. The van der Waals surface area contributed by atoms with E-state index in [0.717, 1.165) is 25.7 Å². The molecule has 152 valence electrons. The molecule has 1 saturated heterocycles. The Morgan fingerprint density at radius 2 is 1.93 bits per heavy atom. The maximum absolute atomic E-state index is 12.4. The minimum Gasteiger partial charge on any atom is -0.451 e. The molecule has 1 saturated carbocycles. The van der Waals surface area contributed by atoms with Gasteiger partial charge < -0.3 is 29.0 Å². The highest BCUT2D eigenvalue weighted by molar-refractivity contribution is 5.95. The van der Waals surface area contributed by atoms with E-state index in [9.17, 15) is 9.59 Å². The average molecular weight is 391 g/mol. The summed E-state index contributed by atoms with van der Waals surface area (Å²) in [5, 5.41) is 2.75. The van der Waals surface area contributed by atoms with Gasteiger partial charge in [0.05, 0.1) is 19.8 Å². The molecule has 28 heavy (non-hydrogen) atoms. The monoisotopic (exact) mass is 391 g/mol. The van der Waals surface area contributed by atoms with Crippen molar-refractivity contribution in [1.29, 1.82) is 0 Å². The van der Waals surface area contributed by atoms with E-state index in [2.05, 4.69) is 5.32 Å². The van der Waals surface area contributed by atoms with Crippen LogP contribution in [-0.2, 0) is 23.8 Å². The second kappa shape index (κ2) is 7.97. The van der Waals surface area contributed by atoms with Crippen LogP contribution in [0.25, 0.3) is 0 Å². The molecule has 3 aliphatic rings. The molecule has 1 spiro atoms. The molecule has 1 aliphatic carbocycles. The highest BCUT2D eigenvalue weighted by Crippen LogP contribution is 2.46. The first-order valence-corrected chi connectivity index (χ1v) is 9.77. The second-order valence-electron chi connectivity index (χ2n) is 7.34. The predicted octanol–water partition coefficient (Wildman–Crippen LogP) is 2.40. The number of fused-ring (bicyclic) bond motifs is 1. The standard InChI is InChI=1S/C20H25NO7/c1-13(26-19(23)17-12-24-9-10-25-17)18(22)21-14-5-6-15-16(11-14)28-20(27-15)7-3-2-4-8-20/h5-6,11,13,17H,2-4,7-10,12H2,1H3,(H,21,22)/t13-,17-/m0/s1. The molecule has 1 aromatic rings. The molecule has 0 bridgehead atoms. The van der Waals surface area contributed by atoms with Crippen molar-refractivity contribution in [3.05, 3.63) is 18.2 Å². The van der Waals surface area contributed by atoms with E-state index in [1.54, 1.807) is 18.2 Å². The molecule has 0 radical (unpaired) electrons. The van der Waals surface area contributed by atoms with E-state index in [0.29, 0.717) is 30.4 Å². The lowest BCUT2D eigenvalue weighted by atomic mass is 9.94. The molecule has 4 rings (SSSR count). The topological polar surface area (TPSA) is 92.3 Å². The molecular weight excluding hydrogens is 366 g/mol. The van der Waals surface area contributed by atoms with Crippen molar-refractivity contribution in [3.63, 3.8) is 0 Å². The van der Waals surface area contributed by atoms with Gasteiger partial charge in [-0.15, -0.1) is 0 Å². The van der Waals surface area contributed by atoms with Gasteiger partial charge in [-0.2, -0.15) is 0 Å². The van der Waals surface area contributed by atoms with Crippen molar-refractivity contribution < 1.29 is 33.3 Å². The summed E-state index contributed by atoms with van der Waals surface area (Å²) in [6, 6.07) is 5.27. The highest BCUT2D eigenvalue weighted by atomic mass is 16.7. The Balaban J connectivity index is 1.34. The smallest absolute Gasteiger partial charge is 0.338 e. The lowest BCUT2D eigenvalue weighted by molar-refractivity contribution is -0.176. The van der Waals surface area contributed by atoms with Crippen LogP contribution in [-0.4, -0.2) is 49.7 Å². The van der Waals surface area contributed by atoms with E-state index >= 15 is 0 Å². The first-order valence-electron chi connectivity index (χ1n) is 9.77. The van der Waals surface area contributed by atoms with E-state index in [4.69, 9.17) is 23.7 Å². The number of nitrogens with one attached hydrogen (secondary N) is 1. The Morgan fingerprint density at radius 1 is 1.14 bits per heavy atom. The Kier molecular flexibility index (Phi) is 5.41. The van der Waals surface area contributed by atoms with E-state index in [1.165, 1.54) is 13.3 Å². The highest BCUT2D eigenvalue weighted by Gasteiger charge is 2.42. The molecule has 2 heterocycles. The summed E-state index contributed by atoms with van der Waals surface area (Å²) in [5.41, 5.74) is 0.556. The molecule has 2 atom stereocenters. The lowest BCUT2D eigenvalue weighted by Gasteiger charge is -2.31. The molecular formula is C20H25NO7. The molecule has 1 amide bonds. The van der Waals surface area contributed by atoms with Crippen LogP contribution >= 0.6 is 0 Å². The summed E-state index contributed by atoms with van der Waals surface area (Å²) in [5.74, 6) is -0.289. The maximum atomic E-state index is 12.4. The van der Waals surface area contributed by atoms with Crippen LogP contribution in [0.1, 0.15) is 39.0 Å². The summed E-state index contributed by atoms with van der Waals surface area (Å²) < 4.78 is 27.8. The van der Waals surface area contributed by atoms with Gasteiger partial charge in [0.1, 0.15) is 0 Å². The number of rotatable bonds is 4. The normalized spacial score (nSPS) is 23.8. The van der Waals surface area contributed by atoms with Gasteiger partial charge >= 0.3 is 5.97 Å². The molecule has 0 unspecified atom stereocenters. The zero-order valence-electron chi connectivity index (χ0n) is 15.9. The van der Waals surface area contributed by atoms with Crippen molar-refractivity contribution in [3.8, 4) is 11.5 Å². The summed E-state index contributed by atoms with van der Waals surface area (Å²) in [7, 11) is 0. The molecule has 8 nitrogen and oxygen atoms in total. The zero-order chi connectivity index (χ0) is 19.6. The van der Waals surface area contributed by atoms with Gasteiger partial charge in [0.15, 0.2) is 23.7 Å². The quantitative estimate of drug-likeness (QED) is 0.788. The fraction of sp³-hybridized carbons (Fsp3) is 0.600. The number of hydrogen-bond acceptors (Lipinski definition) is 7. The molecule has 2 aliphatic heterocycles. The summed E-state index contributed by atoms with van der Waals surface area (Å²) in [6.07, 6.45) is 3.33. The summed E-state index contributed by atoms with van der Waals surface area (Å²) in [4.78, 5) is 24.4. The largest absolute Gasteiger partial charge is 0.451 e. The van der Waals surface area contributed by atoms with Gasteiger partial charge in [-0.25, -0.2) is 4.79 Å². The van der Waals surface area contributed by atoms with Gasteiger partial charge in [0.2, 0.25) is 0 Å². The number of anilines is 1. The van der Waals surface area contributed by atoms with Gasteiger partial charge in [0, 0.05) is 24.6 Å².